The van der Waals surface area contributed by atoms with E-state index in [9.17, 15) is 0 Å². The number of hydrogen-bond acceptors (Lipinski definition) is 2. The van der Waals surface area contributed by atoms with E-state index in [0.717, 1.165) is 6.54 Å². The Morgan fingerprint density at radius 2 is 1.63 bits per heavy atom. The zero-order valence-corrected chi connectivity index (χ0v) is 12.1. The van der Waals surface area contributed by atoms with E-state index in [1.807, 2.05) is 0 Å². The topological polar surface area (TPSA) is 15.3 Å². The minimum Gasteiger partial charge on any atom is -0.317 e. The fourth-order valence-electron chi connectivity index (χ4n) is 2.80. The molecule has 1 aliphatic rings. The predicted molar refractivity (Wildman–Crippen MR) is 82.5 cm³/mol. The summed E-state index contributed by atoms with van der Waals surface area (Å²) < 4.78 is 0. The van der Waals surface area contributed by atoms with Gasteiger partial charge in [0, 0.05) is 0 Å². The molecule has 1 saturated heterocycles. The average Bonchev–Trinajstić information content (AvgIpc) is 2.48. The van der Waals surface area contributed by atoms with Crippen LogP contribution in [0.2, 0.25) is 0 Å². The highest BCUT2D eigenvalue weighted by Gasteiger charge is 2.08. The van der Waals surface area contributed by atoms with Crippen molar-refractivity contribution in [1.29, 1.82) is 0 Å². The van der Waals surface area contributed by atoms with Crippen molar-refractivity contribution in [1.82, 2.24) is 10.2 Å². The summed E-state index contributed by atoms with van der Waals surface area (Å²) in [6, 6.07) is 10.8. The molecule has 0 bridgehead atoms. The summed E-state index contributed by atoms with van der Waals surface area (Å²) >= 11 is 0. The number of piperidine rings is 1. The number of likely N-dealkylation sites (tertiary alicyclic amines) is 1. The first-order chi connectivity index (χ1) is 9.45. The smallest absolute Gasteiger partial charge is 0.000664 e. The van der Waals surface area contributed by atoms with Crippen LogP contribution in [0, 0.1) is 0 Å². The van der Waals surface area contributed by atoms with Gasteiger partial charge in [0.2, 0.25) is 0 Å². The van der Waals surface area contributed by atoms with Gasteiger partial charge in [-0.2, -0.15) is 0 Å². The molecule has 1 aliphatic heterocycles. The highest BCUT2D eigenvalue weighted by atomic mass is 15.1. The quantitative estimate of drug-likeness (QED) is 0.723. The van der Waals surface area contributed by atoms with E-state index in [-0.39, 0.29) is 0 Å². The molecule has 0 aromatic heterocycles. The van der Waals surface area contributed by atoms with E-state index in [0.29, 0.717) is 0 Å². The summed E-state index contributed by atoms with van der Waals surface area (Å²) in [6.45, 7) is 6.26. The highest BCUT2D eigenvalue weighted by Crippen LogP contribution is 2.08. The number of aryl methyl sites for hydroxylation is 1. The lowest BCUT2D eigenvalue weighted by Crippen LogP contribution is -2.32. The van der Waals surface area contributed by atoms with Gasteiger partial charge in [0.15, 0.2) is 0 Å². The molecule has 2 heteroatoms. The van der Waals surface area contributed by atoms with Gasteiger partial charge < -0.3 is 10.2 Å². The van der Waals surface area contributed by atoms with Gasteiger partial charge in [-0.15, -0.1) is 0 Å². The monoisotopic (exact) mass is 260 g/mol. The fourth-order valence-corrected chi connectivity index (χ4v) is 2.80. The number of nitrogens with zero attached hydrogens (tertiary/aromatic N) is 1. The van der Waals surface area contributed by atoms with Crippen LogP contribution in [0.1, 0.15) is 37.7 Å². The second-order valence-electron chi connectivity index (χ2n) is 5.60. The molecule has 0 spiro atoms. The fraction of sp³-hybridized carbons (Fsp3) is 0.647. The zero-order valence-electron chi connectivity index (χ0n) is 12.1. The maximum Gasteiger partial charge on any atom is -0.000664 e. The Balaban J connectivity index is 1.42. The van der Waals surface area contributed by atoms with E-state index < -0.39 is 0 Å². The molecule has 2 rings (SSSR count). The molecule has 0 unspecified atom stereocenters. The Morgan fingerprint density at radius 3 is 2.42 bits per heavy atom. The van der Waals surface area contributed by atoms with Crippen LogP contribution in [0.5, 0.6) is 0 Å². The minimum atomic E-state index is 1.15. The Kier molecular flexibility index (Phi) is 6.97. The van der Waals surface area contributed by atoms with Crippen LogP contribution in [-0.4, -0.2) is 37.6 Å². The van der Waals surface area contributed by atoms with Gasteiger partial charge in [0.1, 0.15) is 0 Å². The van der Waals surface area contributed by atoms with E-state index >= 15 is 0 Å². The van der Waals surface area contributed by atoms with Crippen molar-refractivity contribution in [3.63, 3.8) is 0 Å². The first kappa shape index (κ1) is 14.5. The van der Waals surface area contributed by atoms with Crippen molar-refractivity contribution in [3.05, 3.63) is 35.9 Å². The maximum absolute atomic E-state index is 3.57. The maximum atomic E-state index is 3.57. The Labute approximate surface area is 118 Å². The Hall–Kier alpha value is -0.860. The third-order valence-electron chi connectivity index (χ3n) is 3.94. The van der Waals surface area contributed by atoms with Gasteiger partial charge in [-0.1, -0.05) is 36.8 Å². The molecule has 1 N–H and O–H groups in total. The van der Waals surface area contributed by atoms with Gasteiger partial charge in [0.05, 0.1) is 0 Å². The molecule has 1 aromatic rings. The molecule has 2 nitrogen and oxygen atoms in total. The van der Waals surface area contributed by atoms with Crippen LogP contribution in [0.15, 0.2) is 30.3 Å². The molecular formula is C17H28N2. The first-order valence-corrected chi connectivity index (χ1v) is 7.92. The summed E-state index contributed by atoms with van der Waals surface area (Å²) in [5.74, 6) is 0. The molecule has 0 atom stereocenters. The number of hydrogen-bond donors (Lipinski definition) is 1. The zero-order chi connectivity index (χ0) is 13.2. The molecule has 1 fully saturated rings. The van der Waals surface area contributed by atoms with Crippen molar-refractivity contribution >= 4 is 0 Å². The normalized spacial score (nSPS) is 16.6. The van der Waals surface area contributed by atoms with E-state index in [4.69, 9.17) is 0 Å². The standard InChI is InChI=1S/C17H28N2/c1-3-9-17(10-4-1)11-7-12-18-13-8-16-19-14-5-2-6-15-19/h1,3-4,9-10,18H,2,5-8,11-16H2. The number of rotatable bonds is 8. The molecule has 0 aliphatic carbocycles. The third-order valence-corrected chi connectivity index (χ3v) is 3.94. The summed E-state index contributed by atoms with van der Waals surface area (Å²) in [5, 5.41) is 3.57. The van der Waals surface area contributed by atoms with E-state index in [1.165, 1.54) is 70.3 Å². The van der Waals surface area contributed by atoms with Crippen LogP contribution >= 0.6 is 0 Å². The summed E-state index contributed by atoms with van der Waals surface area (Å²) in [7, 11) is 0. The second-order valence-corrected chi connectivity index (χ2v) is 5.60. The largest absolute Gasteiger partial charge is 0.317 e. The second kappa shape index (κ2) is 9.11. The van der Waals surface area contributed by atoms with E-state index in [2.05, 4.69) is 40.5 Å². The van der Waals surface area contributed by atoms with Crippen LogP contribution in [0.25, 0.3) is 0 Å². The molecule has 1 aromatic carbocycles. The third kappa shape index (κ3) is 6.22. The Bertz CT molecular complexity index is 317. The van der Waals surface area contributed by atoms with E-state index in [1.54, 1.807) is 0 Å². The van der Waals surface area contributed by atoms with Crippen LogP contribution in [-0.2, 0) is 6.42 Å². The SMILES string of the molecule is c1ccc(CCCNCCCN2CCCCC2)cc1. The lowest BCUT2D eigenvalue weighted by Gasteiger charge is -2.26. The Morgan fingerprint density at radius 1 is 0.895 bits per heavy atom. The lowest BCUT2D eigenvalue weighted by atomic mass is 10.1. The highest BCUT2D eigenvalue weighted by molar-refractivity contribution is 5.14. The summed E-state index contributed by atoms with van der Waals surface area (Å²) in [5.41, 5.74) is 1.46. The molecule has 19 heavy (non-hydrogen) atoms. The first-order valence-electron chi connectivity index (χ1n) is 7.92. The van der Waals surface area contributed by atoms with Gasteiger partial charge in [0.25, 0.3) is 0 Å². The molecule has 0 radical (unpaired) electrons. The molecule has 1 heterocycles. The predicted octanol–water partition coefficient (Wildman–Crippen LogP) is 3.08. The van der Waals surface area contributed by atoms with Crippen molar-refractivity contribution in [2.75, 3.05) is 32.7 Å². The number of nitrogens with one attached hydrogen (secondary N) is 1. The number of benzene rings is 1. The van der Waals surface area contributed by atoms with Crippen molar-refractivity contribution in [2.24, 2.45) is 0 Å². The van der Waals surface area contributed by atoms with Gasteiger partial charge >= 0.3 is 0 Å². The molecular weight excluding hydrogens is 232 g/mol. The van der Waals surface area contributed by atoms with Gasteiger partial charge in [-0.3, -0.25) is 0 Å². The minimum absolute atomic E-state index is 1.15. The van der Waals surface area contributed by atoms with Crippen LogP contribution < -0.4 is 5.32 Å². The van der Waals surface area contributed by atoms with Crippen molar-refractivity contribution < 1.29 is 0 Å². The van der Waals surface area contributed by atoms with Crippen molar-refractivity contribution in [2.45, 2.75) is 38.5 Å². The molecule has 0 saturated carbocycles. The summed E-state index contributed by atoms with van der Waals surface area (Å²) in [6.07, 6.45) is 7.99. The molecule has 0 amide bonds. The lowest BCUT2D eigenvalue weighted by molar-refractivity contribution is 0.226. The van der Waals surface area contributed by atoms with Crippen LogP contribution in [0.4, 0.5) is 0 Å². The van der Waals surface area contributed by atoms with Gasteiger partial charge in [-0.25, -0.2) is 0 Å². The summed E-state index contributed by atoms with van der Waals surface area (Å²) in [4.78, 5) is 2.62. The average molecular weight is 260 g/mol. The van der Waals surface area contributed by atoms with Gasteiger partial charge in [-0.05, 0) is 70.4 Å². The molecule has 106 valence electrons. The van der Waals surface area contributed by atoms with Crippen LogP contribution in [0.3, 0.4) is 0 Å². The van der Waals surface area contributed by atoms with Crippen molar-refractivity contribution in [3.8, 4) is 0 Å².